The normalized spacial score (nSPS) is 13.2. The standard InChI is InChI=1S/C22H22FN3OS/c1-6-19(27)24-18-12-11-17-15(5)26(16-9-7-14(4)8-10-16)22(13(2)3)25-20(17)21(18)28-23/h6-13H,1,5H2,2-4H3,(H,24,27). The maximum absolute atomic E-state index is 13.9. The van der Waals surface area contributed by atoms with Crippen molar-refractivity contribution in [1.29, 1.82) is 0 Å². The molecule has 1 N–H and O–H groups in total. The molecule has 1 aliphatic heterocycles. The Hall–Kier alpha value is -2.86. The van der Waals surface area contributed by atoms with Gasteiger partial charge in [-0.2, -0.15) is 3.89 Å². The fourth-order valence-electron chi connectivity index (χ4n) is 3.07. The van der Waals surface area contributed by atoms with Crippen LogP contribution in [0.15, 0.2) is 65.5 Å². The Morgan fingerprint density at radius 1 is 1.25 bits per heavy atom. The van der Waals surface area contributed by atoms with Crippen molar-refractivity contribution in [3.8, 4) is 0 Å². The summed E-state index contributed by atoms with van der Waals surface area (Å²) in [6.45, 7) is 13.8. The van der Waals surface area contributed by atoms with Gasteiger partial charge in [0, 0.05) is 22.9 Å². The predicted molar refractivity (Wildman–Crippen MR) is 117 cm³/mol. The lowest BCUT2D eigenvalue weighted by molar-refractivity contribution is -0.111. The quantitative estimate of drug-likeness (QED) is 0.607. The number of halogens is 1. The van der Waals surface area contributed by atoms with Crippen LogP contribution in [0.4, 0.5) is 20.9 Å². The van der Waals surface area contributed by atoms with E-state index in [0.717, 1.165) is 34.4 Å². The molecule has 0 spiro atoms. The number of nitrogens with one attached hydrogen (secondary N) is 1. The lowest BCUT2D eigenvalue weighted by Gasteiger charge is -2.35. The molecule has 2 aromatic carbocycles. The summed E-state index contributed by atoms with van der Waals surface area (Å²) in [6, 6.07) is 11.6. The smallest absolute Gasteiger partial charge is 0.247 e. The van der Waals surface area contributed by atoms with E-state index in [1.54, 1.807) is 12.1 Å². The number of amidine groups is 1. The summed E-state index contributed by atoms with van der Waals surface area (Å²) in [5.41, 5.74) is 4.39. The Bertz CT molecular complexity index is 980. The highest BCUT2D eigenvalue weighted by atomic mass is 32.2. The second-order valence-electron chi connectivity index (χ2n) is 6.85. The number of anilines is 2. The largest absolute Gasteiger partial charge is 0.321 e. The van der Waals surface area contributed by atoms with Gasteiger partial charge < -0.3 is 5.32 Å². The van der Waals surface area contributed by atoms with E-state index in [-0.39, 0.29) is 23.0 Å². The molecule has 0 saturated carbocycles. The summed E-state index contributed by atoms with van der Waals surface area (Å²) in [6.07, 6.45) is 1.15. The van der Waals surface area contributed by atoms with Gasteiger partial charge in [0.05, 0.1) is 28.4 Å². The van der Waals surface area contributed by atoms with Crippen LogP contribution in [0.25, 0.3) is 5.70 Å². The molecule has 3 rings (SSSR count). The summed E-state index contributed by atoms with van der Waals surface area (Å²) in [4.78, 5) is 18.7. The van der Waals surface area contributed by atoms with Gasteiger partial charge in [0.15, 0.2) is 0 Å². The first-order chi connectivity index (χ1) is 13.4. The van der Waals surface area contributed by atoms with Crippen molar-refractivity contribution < 1.29 is 8.68 Å². The van der Waals surface area contributed by atoms with Crippen LogP contribution in [0.2, 0.25) is 0 Å². The number of rotatable bonds is 5. The van der Waals surface area contributed by atoms with Crippen LogP contribution in [-0.2, 0) is 4.79 Å². The first-order valence-corrected chi connectivity index (χ1v) is 9.62. The molecule has 0 radical (unpaired) electrons. The van der Waals surface area contributed by atoms with Crippen LogP contribution in [0.5, 0.6) is 0 Å². The second kappa shape index (κ2) is 8.02. The van der Waals surface area contributed by atoms with E-state index in [2.05, 4.69) is 18.5 Å². The molecule has 0 unspecified atom stereocenters. The average molecular weight is 396 g/mol. The fraction of sp³-hybridized carbons (Fsp3) is 0.182. The Morgan fingerprint density at radius 2 is 1.93 bits per heavy atom. The van der Waals surface area contributed by atoms with Gasteiger partial charge in [0.25, 0.3) is 0 Å². The first-order valence-electron chi connectivity index (χ1n) is 8.91. The minimum absolute atomic E-state index is 0.0616. The molecular weight excluding hydrogens is 373 g/mol. The van der Waals surface area contributed by atoms with E-state index in [0.29, 0.717) is 11.4 Å². The Morgan fingerprint density at radius 3 is 2.50 bits per heavy atom. The van der Waals surface area contributed by atoms with Gasteiger partial charge in [-0.1, -0.05) is 44.7 Å². The van der Waals surface area contributed by atoms with Crippen molar-refractivity contribution in [2.75, 3.05) is 10.2 Å². The minimum atomic E-state index is -0.403. The molecule has 0 saturated heterocycles. The van der Waals surface area contributed by atoms with Crippen LogP contribution < -0.4 is 10.2 Å². The number of hydrogen-bond acceptors (Lipinski definition) is 4. The van der Waals surface area contributed by atoms with Crippen molar-refractivity contribution in [2.45, 2.75) is 25.7 Å². The van der Waals surface area contributed by atoms with E-state index in [9.17, 15) is 8.68 Å². The van der Waals surface area contributed by atoms with Crippen LogP contribution >= 0.6 is 12.1 Å². The summed E-state index contributed by atoms with van der Waals surface area (Å²) in [5.74, 6) is 0.443. The zero-order valence-electron chi connectivity index (χ0n) is 16.1. The molecule has 28 heavy (non-hydrogen) atoms. The number of fused-ring (bicyclic) bond motifs is 1. The minimum Gasteiger partial charge on any atom is -0.321 e. The molecule has 4 nitrogen and oxygen atoms in total. The Balaban J connectivity index is 2.17. The van der Waals surface area contributed by atoms with Crippen molar-refractivity contribution in [3.05, 3.63) is 66.8 Å². The summed E-state index contributed by atoms with van der Waals surface area (Å²) in [5, 5.41) is 2.64. The molecule has 1 amide bonds. The summed E-state index contributed by atoms with van der Waals surface area (Å²) in [7, 11) is 0. The van der Waals surface area contributed by atoms with Gasteiger partial charge in [-0.15, -0.1) is 0 Å². The van der Waals surface area contributed by atoms with Gasteiger partial charge in [-0.05, 0) is 37.3 Å². The van der Waals surface area contributed by atoms with E-state index in [4.69, 9.17) is 4.99 Å². The number of amides is 1. The number of carbonyl (C=O) groups is 1. The molecule has 1 aliphatic rings. The van der Waals surface area contributed by atoms with Crippen LogP contribution in [0, 0.1) is 12.8 Å². The van der Waals surface area contributed by atoms with Gasteiger partial charge >= 0.3 is 0 Å². The third-order valence-corrected chi connectivity index (χ3v) is 5.06. The fourth-order valence-corrected chi connectivity index (χ4v) is 3.50. The van der Waals surface area contributed by atoms with E-state index in [1.807, 2.05) is 49.9 Å². The molecule has 0 bridgehead atoms. The van der Waals surface area contributed by atoms with Crippen molar-refractivity contribution in [3.63, 3.8) is 0 Å². The van der Waals surface area contributed by atoms with E-state index in [1.165, 1.54) is 0 Å². The maximum Gasteiger partial charge on any atom is 0.247 e. The van der Waals surface area contributed by atoms with Gasteiger partial charge in [0.1, 0.15) is 5.84 Å². The number of aliphatic imine (C=N–C) groups is 1. The Labute approximate surface area is 169 Å². The molecular formula is C22H22FN3OS. The molecule has 0 fully saturated rings. The van der Waals surface area contributed by atoms with Crippen molar-refractivity contribution >= 4 is 46.6 Å². The maximum atomic E-state index is 13.9. The topological polar surface area (TPSA) is 44.7 Å². The predicted octanol–water partition coefficient (Wildman–Crippen LogP) is 6.27. The molecule has 0 aliphatic carbocycles. The molecule has 0 aromatic heterocycles. The van der Waals surface area contributed by atoms with E-state index < -0.39 is 5.91 Å². The van der Waals surface area contributed by atoms with Crippen LogP contribution in [-0.4, -0.2) is 11.7 Å². The molecule has 2 aromatic rings. The Kier molecular flexibility index (Phi) is 5.70. The van der Waals surface area contributed by atoms with Gasteiger partial charge in [-0.25, -0.2) is 4.99 Å². The first kappa shape index (κ1) is 19.9. The molecule has 0 atom stereocenters. The number of nitrogens with zero attached hydrogens (tertiary/aromatic N) is 2. The zero-order chi connectivity index (χ0) is 20.4. The second-order valence-corrected chi connectivity index (χ2v) is 7.41. The third kappa shape index (κ3) is 3.60. The zero-order valence-corrected chi connectivity index (χ0v) is 16.9. The van der Waals surface area contributed by atoms with Crippen molar-refractivity contribution in [2.24, 2.45) is 10.9 Å². The van der Waals surface area contributed by atoms with Crippen molar-refractivity contribution in [1.82, 2.24) is 0 Å². The number of carbonyl (C=O) groups excluding carboxylic acids is 1. The average Bonchev–Trinajstić information content (AvgIpc) is 2.68. The highest BCUT2D eigenvalue weighted by molar-refractivity contribution is 7.94. The monoisotopic (exact) mass is 395 g/mol. The van der Waals surface area contributed by atoms with E-state index >= 15 is 0 Å². The molecule has 1 heterocycles. The third-order valence-electron chi connectivity index (χ3n) is 4.50. The van der Waals surface area contributed by atoms with Crippen LogP contribution in [0.1, 0.15) is 25.0 Å². The van der Waals surface area contributed by atoms with Gasteiger partial charge in [0.2, 0.25) is 5.91 Å². The number of benzene rings is 2. The summed E-state index contributed by atoms with van der Waals surface area (Å²) < 4.78 is 13.9. The lowest BCUT2D eigenvalue weighted by atomic mass is 10.0. The lowest BCUT2D eigenvalue weighted by Crippen LogP contribution is -2.35. The molecule has 6 heteroatoms. The van der Waals surface area contributed by atoms with Crippen LogP contribution in [0.3, 0.4) is 0 Å². The SMILES string of the molecule is C=CC(=O)Nc1ccc2c(c1SF)N=C(C(C)C)N(c1ccc(C)cc1)C2=C. The van der Waals surface area contributed by atoms with Gasteiger partial charge in [-0.3, -0.25) is 9.69 Å². The molecule has 144 valence electrons. The highest BCUT2D eigenvalue weighted by Gasteiger charge is 2.29. The number of aryl methyl sites for hydroxylation is 1. The highest BCUT2D eigenvalue weighted by Crippen LogP contribution is 2.46. The summed E-state index contributed by atoms with van der Waals surface area (Å²) >= 11 is 0.0616. The number of hydrogen-bond donors (Lipinski definition) is 1.